The van der Waals surface area contributed by atoms with Gasteiger partial charge in [-0.1, -0.05) is 37.3 Å². The fraction of sp³-hybridized carbons (Fsp3) is 0.647. The van der Waals surface area contributed by atoms with Gasteiger partial charge in [-0.05, 0) is 43.5 Å². The number of nitrogens with two attached hydrogens (primary N) is 1. The molecule has 2 aliphatic carbocycles. The van der Waals surface area contributed by atoms with Crippen molar-refractivity contribution in [3.63, 3.8) is 0 Å². The van der Waals surface area contributed by atoms with Crippen LogP contribution < -0.4 is 10.5 Å². The summed E-state index contributed by atoms with van der Waals surface area (Å²) in [4.78, 5) is 0. The first-order valence-corrected chi connectivity index (χ1v) is 8.18. The molecule has 2 fully saturated rings. The lowest BCUT2D eigenvalue weighted by atomic mass is 9.58. The Balaban J connectivity index is 1.76. The number of benzene rings is 1. The van der Waals surface area contributed by atoms with E-state index in [1.807, 2.05) is 18.2 Å². The molecule has 1 spiro atoms. The maximum Gasteiger partial charge on any atom is 0.122 e. The van der Waals surface area contributed by atoms with Gasteiger partial charge in [-0.3, -0.25) is 0 Å². The highest BCUT2D eigenvalue weighted by atomic mass is 35.5. The molecule has 20 heavy (non-hydrogen) atoms. The summed E-state index contributed by atoms with van der Waals surface area (Å²) >= 11 is 6.01. The molecule has 0 bridgehead atoms. The van der Waals surface area contributed by atoms with Crippen LogP contribution in [-0.2, 0) is 0 Å². The Hall–Kier alpha value is -0.730. The van der Waals surface area contributed by atoms with Crippen LogP contribution >= 0.6 is 11.6 Å². The lowest BCUT2D eigenvalue weighted by Gasteiger charge is -2.54. The van der Waals surface area contributed by atoms with E-state index in [9.17, 15) is 0 Å². The van der Waals surface area contributed by atoms with Crippen molar-refractivity contribution in [1.29, 1.82) is 0 Å². The van der Waals surface area contributed by atoms with E-state index in [-0.39, 0.29) is 11.5 Å². The highest BCUT2D eigenvalue weighted by molar-refractivity contribution is 6.30. The molecule has 2 atom stereocenters. The molecule has 2 unspecified atom stereocenters. The molecule has 0 saturated heterocycles. The molecule has 0 radical (unpaired) electrons. The summed E-state index contributed by atoms with van der Waals surface area (Å²) in [6.45, 7) is 2.06. The molecule has 1 aromatic rings. The third-order valence-electron chi connectivity index (χ3n) is 5.29. The second-order valence-electron chi connectivity index (χ2n) is 6.51. The van der Waals surface area contributed by atoms with Gasteiger partial charge in [0.1, 0.15) is 11.9 Å². The van der Waals surface area contributed by atoms with Crippen molar-refractivity contribution in [3.05, 3.63) is 28.8 Å². The normalized spacial score (nSPS) is 28.8. The van der Waals surface area contributed by atoms with E-state index in [1.165, 1.54) is 38.5 Å². The number of hydrogen-bond donors (Lipinski definition) is 1. The standard InChI is InChI=1S/C17H24ClNO/c1-12-10-13(18)6-7-14(12)20-16-11-15(19)17(16)8-4-2-3-5-9-17/h6-7,10,15-16H,2-5,8-9,11,19H2,1H3. The van der Waals surface area contributed by atoms with Crippen molar-refractivity contribution in [2.75, 3.05) is 0 Å². The van der Waals surface area contributed by atoms with Crippen LogP contribution in [0.2, 0.25) is 5.02 Å². The molecule has 0 heterocycles. The molecule has 0 amide bonds. The van der Waals surface area contributed by atoms with E-state index < -0.39 is 0 Å². The lowest BCUT2D eigenvalue weighted by Crippen LogP contribution is -2.63. The molecule has 0 aliphatic heterocycles. The van der Waals surface area contributed by atoms with E-state index >= 15 is 0 Å². The highest BCUT2D eigenvalue weighted by Crippen LogP contribution is 2.51. The van der Waals surface area contributed by atoms with Crippen molar-refractivity contribution in [1.82, 2.24) is 0 Å². The zero-order chi connectivity index (χ0) is 14.2. The number of ether oxygens (including phenoxy) is 1. The number of halogens is 1. The third-order valence-corrected chi connectivity index (χ3v) is 5.52. The van der Waals surface area contributed by atoms with Gasteiger partial charge in [0, 0.05) is 22.9 Å². The summed E-state index contributed by atoms with van der Waals surface area (Å²) in [5.41, 5.74) is 7.70. The largest absolute Gasteiger partial charge is 0.489 e. The summed E-state index contributed by atoms with van der Waals surface area (Å²) in [7, 11) is 0. The van der Waals surface area contributed by atoms with Crippen LogP contribution in [0.15, 0.2) is 18.2 Å². The fourth-order valence-electron chi connectivity index (χ4n) is 3.92. The topological polar surface area (TPSA) is 35.2 Å². The second kappa shape index (κ2) is 5.57. The fourth-order valence-corrected chi connectivity index (χ4v) is 4.15. The molecule has 3 rings (SSSR count). The van der Waals surface area contributed by atoms with Gasteiger partial charge in [0.2, 0.25) is 0 Å². The van der Waals surface area contributed by atoms with Gasteiger partial charge in [-0.15, -0.1) is 0 Å². The zero-order valence-corrected chi connectivity index (χ0v) is 13.0. The smallest absolute Gasteiger partial charge is 0.122 e. The number of aryl methyl sites for hydroxylation is 1. The predicted molar refractivity (Wildman–Crippen MR) is 83.3 cm³/mol. The molecular weight excluding hydrogens is 270 g/mol. The van der Waals surface area contributed by atoms with Crippen molar-refractivity contribution >= 4 is 11.6 Å². The number of hydrogen-bond acceptors (Lipinski definition) is 2. The van der Waals surface area contributed by atoms with Crippen LogP contribution in [0.5, 0.6) is 5.75 Å². The van der Waals surface area contributed by atoms with Gasteiger partial charge in [0.25, 0.3) is 0 Å². The van der Waals surface area contributed by atoms with Crippen LogP contribution in [0.1, 0.15) is 50.5 Å². The minimum absolute atomic E-state index is 0.225. The second-order valence-corrected chi connectivity index (χ2v) is 6.94. The molecule has 2 saturated carbocycles. The third kappa shape index (κ3) is 2.44. The zero-order valence-electron chi connectivity index (χ0n) is 12.2. The molecule has 2 N–H and O–H groups in total. The Bertz CT molecular complexity index is 480. The first kappa shape index (κ1) is 14.2. The van der Waals surface area contributed by atoms with E-state index in [1.54, 1.807) is 0 Å². The van der Waals surface area contributed by atoms with Gasteiger partial charge in [0.05, 0.1) is 0 Å². The van der Waals surface area contributed by atoms with Crippen molar-refractivity contribution < 1.29 is 4.74 Å². The quantitative estimate of drug-likeness (QED) is 0.873. The molecule has 110 valence electrons. The summed E-state index contributed by atoms with van der Waals surface area (Å²) in [5, 5.41) is 0.768. The van der Waals surface area contributed by atoms with Gasteiger partial charge in [-0.2, -0.15) is 0 Å². The summed E-state index contributed by atoms with van der Waals surface area (Å²) in [6.07, 6.45) is 9.03. The van der Waals surface area contributed by atoms with E-state index in [2.05, 4.69) is 6.92 Å². The van der Waals surface area contributed by atoms with Crippen LogP contribution in [0.4, 0.5) is 0 Å². The monoisotopic (exact) mass is 293 g/mol. The Morgan fingerprint density at radius 3 is 2.50 bits per heavy atom. The Labute approximate surface area is 126 Å². The minimum Gasteiger partial charge on any atom is -0.489 e. The maximum atomic E-state index is 6.36. The molecule has 2 aliphatic rings. The van der Waals surface area contributed by atoms with E-state index in [4.69, 9.17) is 22.1 Å². The van der Waals surface area contributed by atoms with Crippen molar-refractivity contribution in [2.24, 2.45) is 11.1 Å². The maximum absolute atomic E-state index is 6.36. The van der Waals surface area contributed by atoms with Crippen LogP contribution in [0.25, 0.3) is 0 Å². The van der Waals surface area contributed by atoms with Crippen molar-refractivity contribution in [3.8, 4) is 5.75 Å². The first-order chi connectivity index (χ1) is 9.62. The van der Waals surface area contributed by atoms with Crippen LogP contribution in [-0.4, -0.2) is 12.1 Å². The van der Waals surface area contributed by atoms with Crippen molar-refractivity contribution in [2.45, 2.75) is 64.0 Å². The molecule has 3 heteroatoms. The van der Waals surface area contributed by atoms with Gasteiger partial charge in [-0.25, -0.2) is 0 Å². The average molecular weight is 294 g/mol. The Kier molecular flexibility index (Phi) is 3.96. The predicted octanol–water partition coefficient (Wildman–Crippen LogP) is 4.47. The molecular formula is C17H24ClNO. The summed E-state index contributed by atoms with van der Waals surface area (Å²) in [6, 6.07) is 6.18. The molecule has 0 aromatic heterocycles. The number of rotatable bonds is 2. The van der Waals surface area contributed by atoms with Crippen LogP contribution in [0, 0.1) is 12.3 Å². The van der Waals surface area contributed by atoms with E-state index in [0.29, 0.717) is 6.04 Å². The summed E-state index contributed by atoms with van der Waals surface area (Å²) in [5.74, 6) is 0.968. The first-order valence-electron chi connectivity index (χ1n) is 7.80. The Morgan fingerprint density at radius 2 is 1.90 bits per heavy atom. The Morgan fingerprint density at radius 1 is 1.20 bits per heavy atom. The minimum atomic E-state index is 0.225. The lowest BCUT2D eigenvalue weighted by molar-refractivity contribution is -0.0773. The van der Waals surface area contributed by atoms with Gasteiger partial charge in [0.15, 0.2) is 0 Å². The SMILES string of the molecule is Cc1cc(Cl)ccc1OC1CC(N)C12CCCCCC2. The summed E-state index contributed by atoms with van der Waals surface area (Å²) < 4.78 is 6.32. The molecule has 1 aromatic carbocycles. The molecule has 2 nitrogen and oxygen atoms in total. The average Bonchev–Trinajstić information content (AvgIpc) is 2.69. The van der Waals surface area contributed by atoms with Crippen LogP contribution in [0.3, 0.4) is 0 Å². The van der Waals surface area contributed by atoms with Gasteiger partial charge < -0.3 is 10.5 Å². The van der Waals surface area contributed by atoms with Gasteiger partial charge >= 0.3 is 0 Å². The van der Waals surface area contributed by atoms with E-state index in [0.717, 1.165) is 22.8 Å². The highest BCUT2D eigenvalue weighted by Gasteiger charge is 2.54.